The number of nitriles is 1. The van der Waals surface area contributed by atoms with Gasteiger partial charge in [-0.15, -0.1) is 0 Å². The van der Waals surface area contributed by atoms with Crippen LogP contribution in [-0.2, 0) is 34.1 Å². The van der Waals surface area contributed by atoms with Crippen LogP contribution in [0.4, 0.5) is 0 Å². The van der Waals surface area contributed by atoms with Gasteiger partial charge in [0, 0.05) is 55.8 Å². The highest BCUT2D eigenvalue weighted by Gasteiger charge is 2.40. The fraction of sp³-hybridized carbons (Fsp3) is 0.395. The molecule has 1 saturated heterocycles. The van der Waals surface area contributed by atoms with Crippen molar-refractivity contribution in [2.75, 3.05) is 40.0 Å². The molecule has 0 bridgehead atoms. The predicted octanol–water partition coefficient (Wildman–Crippen LogP) is 5.74. The van der Waals surface area contributed by atoms with E-state index >= 15 is 0 Å². The summed E-state index contributed by atoms with van der Waals surface area (Å²) in [4.78, 5) is 30.1. The third kappa shape index (κ3) is 10.6. The van der Waals surface area contributed by atoms with Gasteiger partial charge in [0.05, 0.1) is 30.9 Å². The number of aliphatic hydroxyl groups excluding tert-OH is 1. The number of benzene rings is 3. The summed E-state index contributed by atoms with van der Waals surface area (Å²) in [5, 5.41) is 42.4. The number of hydrogen-bond acceptors (Lipinski definition) is 12. The summed E-state index contributed by atoms with van der Waals surface area (Å²) in [5.41, 5.74) is 3.58. The monoisotopic (exact) mass is 800 g/mol. The predicted molar refractivity (Wildman–Crippen MR) is 213 cm³/mol. The Bertz CT molecular complexity index is 2100. The summed E-state index contributed by atoms with van der Waals surface area (Å²) in [6.07, 6.45) is 4.52. The van der Waals surface area contributed by atoms with E-state index < -0.39 is 29.7 Å². The highest BCUT2D eigenvalue weighted by molar-refractivity contribution is 6.32. The second-order valence-electron chi connectivity index (χ2n) is 14.4. The molecule has 4 aromatic rings. The number of carboxylic acid groups (broad SMARTS) is 1. The molecule has 4 N–H and O–H groups in total. The molecule has 0 saturated carbocycles. The molecule has 0 spiro atoms. The normalized spacial score (nSPS) is 14.9. The molecule has 1 aliphatic rings. The zero-order valence-corrected chi connectivity index (χ0v) is 33.4. The van der Waals surface area contributed by atoms with Gasteiger partial charge in [-0.3, -0.25) is 15.1 Å². The summed E-state index contributed by atoms with van der Waals surface area (Å²) in [6, 6.07) is 19.0. The van der Waals surface area contributed by atoms with E-state index in [4.69, 9.17) is 30.5 Å². The Balaban J connectivity index is 1.27. The Morgan fingerprint density at radius 2 is 1.67 bits per heavy atom. The maximum Gasteiger partial charge on any atom is 0.337 e. The molecule has 0 aliphatic carbocycles. The molecule has 57 heavy (non-hydrogen) atoms. The van der Waals surface area contributed by atoms with Gasteiger partial charge in [-0.2, -0.15) is 5.26 Å². The van der Waals surface area contributed by atoms with Crippen LogP contribution in [0.25, 0.3) is 11.1 Å². The van der Waals surface area contributed by atoms with E-state index in [0.29, 0.717) is 60.7 Å². The van der Waals surface area contributed by atoms with Crippen molar-refractivity contribution in [2.45, 2.75) is 70.9 Å². The zero-order valence-electron chi connectivity index (χ0n) is 32.6. The number of ether oxygens (including phenoxy) is 4. The SMILES string of the molecule is COC(=O)C1(O)CCN(CCCOc2cccc(-c3cccc(COc4cc(OCc5cncc(C#N)c5)c(CN[C@](C)(CO)C(=O)O)cc4Cl)c3C)c2C)CC1. The number of hydrogen-bond donors (Lipinski definition) is 4. The standard InChI is InChI=1S/C43H49ClN4O9/c1-28-32(8-5-9-34(28)35-10-6-11-37(29(35)2)55-17-7-14-48-15-12-43(53,13-16-48)41(52)54-4)26-57-39-20-38(56-25-31-18-30(21-45)22-46-23-31)33(19-36(39)44)24-47-42(3,27-49)40(50)51/h5-6,8-11,18-20,22-23,47,49,53H,7,12-17,24-27H2,1-4H3,(H,50,51)/t42-/m1/s1. The van der Waals surface area contributed by atoms with Crippen LogP contribution in [0.2, 0.25) is 5.02 Å². The summed E-state index contributed by atoms with van der Waals surface area (Å²) >= 11 is 6.74. The van der Waals surface area contributed by atoms with Crippen molar-refractivity contribution in [3.05, 3.63) is 105 Å². The van der Waals surface area contributed by atoms with Gasteiger partial charge in [0.15, 0.2) is 5.60 Å². The lowest BCUT2D eigenvalue weighted by Gasteiger charge is -2.36. The second-order valence-corrected chi connectivity index (χ2v) is 14.8. The van der Waals surface area contributed by atoms with Crippen LogP contribution in [0.5, 0.6) is 17.2 Å². The molecule has 1 fully saturated rings. The Morgan fingerprint density at radius 1 is 0.965 bits per heavy atom. The molecule has 3 aromatic carbocycles. The molecule has 0 radical (unpaired) electrons. The number of nitrogens with zero attached hydrogens (tertiary/aromatic N) is 3. The maximum atomic E-state index is 11.9. The van der Waals surface area contributed by atoms with E-state index in [9.17, 15) is 30.2 Å². The number of likely N-dealkylation sites (tertiary alicyclic amines) is 1. The third-order valence-corrected chi connectivity index (χ3v) is 10.7. The van der Waals surface area contributed by atoms with Crippen molar-refractivity contribution >= 4 is 23.5 Å². The second kappa shape index (κ2) is 19.3. The topological polar surface area (TPSA) is 184 Å². The smallest absolute Gasteiger partial charge is 0.337 e. The van der Waals surface area contributed by atoms with Crippen LogP contribution in [0, 0.1) is 25.2 Å². The van der Waals surface area contributed by atoms with Gasteiger partial charge in [0.2, 0.25) is 0 Å². The molecule has 13 nitrogen and oxygen atoms in total. The van der Waals surface area contributed by atoms with Gasteiger partial charge in [0.25, 0.3) is 0 Å². The molecule has 0 unspecified atom stereocenters. The molecule has 14 heteroatoms. The highest BCUT2D eigenvalue weighted by Crippen LogP contribution is 2.37. The maximum absolute atomic E-state index is 11.9. The van der Waals surface area contributed by atoms with Gasteiger partial charge >= 0.3 is 11.9 Å². The summed E-state index contributed by atoms with van der Waals surface area (Å²) in [5.74, 6) is -0.275. The number of aliphatic hydroxyl groups is 2. The lowest BCUT2D eigenvalue weighted by Crippen LogP contribution is -2.52. The minimum absolute atomic E-state index is 0.0145. The lowest BCUT2D eigenvalue weighted by molar-refractivity contribution is -0.167. The van der Waals surface area contributed by atoms with E-state index in [1.165, 1.54) is 20.2 Å². The molecular weight excluding hydrogens is 752 g/mol. The number of methoxy groups -OCH3 is 1. The van der Waals surface area contributed by atoms with E-state index in [1.54, 1.807) is 24.4 Å². The van der Waals surface area contributed by atoms with Crippen molar-refractivity contribution in [1.29, 1.82) is 5.26 Å². The lowest BCUT2D eigenvalue weighted by atomic mass is 9.91. The van der Waals surface area contributed by atoms with Crippen molar-refractivity contribution in [2.24, 2.45) is 0 Å². The Labute approximate surface area is 337 Å². The van der Waals surface area contributed by atoms with Crippen molar-refractivity contribution < 1.29 is 43.9 Å². The number of halogens is 1. The van der Waals surface area contributed by atoms with Crippen LogP contribution < -0.4 is 19.5 Å². The van der Waals surface area contributed by atoms with Gasteiger partial charge < -0.3 is 39.2 Å². The number of carbonyl (C=O) groups excluding carboxylic acids is 1. The van der Waals surface area contributed by atoms with E-state index in [2.05, 4.69) is 33.4 Å². The van der Waals surface area contributed by atoms with Crippen LogP contribution >= 0.6 is 11.6 Å². The number of aromatic nitrogens is 1. The summed E-state index contributed by atoms with van der Waals surface area (Å²) < 4.78 is 23.5. The Kier molecular flexibility index (Phi) is 14.5. The van der Waals surface area contributed by atoms with Crippen molar-refractivity contribution in [3.63, 3.8) is 0 Å². The third-order valence-electron chi connectivity index (χ3n) is 10.4. The van der Waals surface area contributed by atoms with E-state index in [1.807, 2.05) is 38.1 Å². The number of rotatable bonds is 18. The molecule has 5 rings (SSSR count). The number of carboxylic acids is 1. The first-order chi connectivity index (χ1) is 27.3. The molecule has 302 valence electrons. The van der Waals surface area contributed by atoms with E-state index in [-0.39, 0.29) is 24.8 Å². The van der Waals surface area contributed by atoms with Crippen LogP contribution in [0.3, 0.4) is 0 Å². The average molecular weight is 801 g/mol. The van der Waals surface area contributed by atoms with Gasteiger partial charge in [-0.05, 0) is 86.1 Å². The van der Waals surface area contributed by atoms with E-state index in [0.717, 1.165) is 46.5 Å². The summed E-state index contributed by atoms with van der Waals surface area (Å²) in [6.45, 7) is 7.61. The fourth-order valence-corrected chi connectivity index (χ4v) is 6.84. The quantitative estimate of drug-likeness (QED) is 0.0707. The average Bonchev–Trinajstić information content (AvgIpc) is 3.22. The number of carbonyl (C=O) groups is 2. The first kappa shape index (κ1) is 42.9. The molecule has 1 aliphatic heterocycles. The molecular formula is C43H49ClN4O9. The fourth-order valence-electron chi connectivity index (χ4n) is 6.60. The number of piperidine rings is 1. The number of aliphatic carboxylic acids is 1. The molecule has 1 atom stereocenters. The summed E-state index contributed by atoms with van der Waals surface area (Å²) in [7, 11) is 1.29. The van der Waals surface area contributed by atoms with Gasteiger partial charge in [-0.25, -0.2) is 4.79 Å². The largest absolute Gasteiger partial charge is 0.493 e. The number of pyridine rings is 1. The number of esters is 1. The number of nitrogens with one attached hydrogen (secondary N) is 1. The zero-order chi connectivity index (χ0) is 41.2. The van der Waals surface area contributed by atoms with Crippen LogP contribution in [0.15, 0.2) is 67.0 Å². The highest BCUT2D eigenvalue weighted by atomic mass is 35.5. The molecule has 2 heterocycles. The first-order valence-electron chi connectivity index (χ1n) is 18.7. The van der Waals surface area contributed by atoms with Crippen molar-refractivity contribution in [3.8, 4) is 34.4 Å². The van der Waals surface area contributed by atoms with Crippen LogP contribution in [0.1, 0.15) is 59.6 Å². The van der Waals surface area contributed by atoms with Crippen molar-refractivity contribution in [1.82, 2.24) is 15.2 Å². The Hall–Kier alpha value is -5.23. The minimum atomic E-state index is -1.60. The molecule has 0 amide bonds. The molecule has 1 aromatic heterocycles. The first-order valence-corrected chi connectivity index (χ1v) is 19.0. The van der Waals surface area contributed by atoms with Crippen LogP contribution in [-0.4, -0.2) is 88.2 Å². The Morgan fingerprint density at radius 3 is 2.35 bits per heavy atom. The van der Waals surface area contributed by atoms with Gasteiger partial charge in [-0.1, -0.05) is 41.9 Å². The minimum Gasteiger partial charge on any atom is -0.493 e. The van der Waals surface area contributed by atoms with Gasteiger partial charge in [0.1, 0.15) is 42.1 Å².